The van der Waals surface area contributed by atoms with E-state index in [2.05, 4.69) is 5.16 Å². The number of carboxylic acid groups (broad SMARTS) is 1. The van der Waals surface area contributed by atoms with E-state index in [0.29, 0.717) is 12.5 Å². The molecule has 0 saturated heterocycles. The monoisotopic (exact) mass is 225 g/mol. The van der Waals surface area contributed by atoms with Gasteiger partial charge in [0.2, 0.25) is 0 Å². The Labute approximate surface area is 95.7 Å². The van der Waals surface area contributed by atoms with Crippen molar-refractivity contribution in [2.75, 3.05) is 6.61 Å². The number of hydrogen-bond acceptors (Lipinski definition) is 3. The number of aliphatic carboxylic acids is 1. The number of nitrogens with zero attached hydrogens (tertiary/aromatic N) is 1. The van der Waals surface area contributed by atoms with Gasteiger partial charge in [-0.2, -0.15) is 0 Å². The maximum Gasteiger partial charge on any atom is 0.307 e. The minimum atomic E-state index is -0.736. The minimum absolute atomic E-state index is 0.0198. The number of carboxylic acids is 1. The van der Waals surface area contributed by atoms with Crippen LogP contribution in [-0.4, -0.2) is 23.9 Å². The van der Waals surface area contributed by atoms with Crippen molar-refractivity contribution in [2.45, 2.75) is 33.1 Å². The van der Waals surface area contributed by atoms with Gasteiger partial charge in [-0.25, -0.2) is 0 Å². The first-order chi connectivity index (χ1) is 7.53. The second kappa shape index (κ2) is 4.07. The van der Waals surface area contributed by atoms with Crippen LogP contribution >= 0.6 is 0 Å². The lowest BCUT2D eigenvalue weighted by atomic mass is 9.86. The standard InChI is InChI=1S/C12H19NO3/c1-12(2)9(10(12)11(14)15)6-13-16-7-8-4-3-5-8/h6,8-10H,3-5,7H2,1-2H3,(H,14,15)/b13-6-. The molecule has 0 bridgehead atoms. The van der Waals surface area contributed by atoms with Crippen LogP contribution in [0.4, 0.5) is 0 Å². The highest BCUT2D eigenvalue weighted by atomic mass is 16.6. The van der Waals surface area contributed by atoms with Crippen molar-refractivity contribution in [3.63, 3.8) is 0 Å². The summed E-state index contributed by atoms with van der Waals surface area (Å²) < 4.78 is 0. The summed E-state index contributed by atoms with van der Waals surface area (Å²) >= 11 is 0. The van der Waals surface area contributed by atoms with Crippen molar-refractivity contribution in [3.05, 3.63) is 0 Å². The van der Waals surface area contributed by atoms with Gasteiger partial charge in [0.25, 0.3) is 0 Å². The van der Waals surface area contributed by atoms with Crippen LogP contribution in [0, 0.1) is 23.2 Å². The Kier molecular flexibility index (Phi) is 2.91. The summed E-state index contributed by atoms with van der Waals surface area (Å²) in [6.07, 6.45) is 5.44. The molecule has 4 nitrogen and oxygen atoms in total. The van der Waals surface area contributed by atoms with Crippen LogP contribution in [-0.2, 0) is 9.63 Å². The second-order valence-corrected chi connectivity index (χ2v) is 5.51. The lowest BCUT2D eigenvalue weighted by molar-refractivity contribution is -0.139. The van der Waals surface area contributed by atoms with E-state index in [1.165, 1.54) is 19.3 Å². The summed E-state index contributed by atoms with van der Waals surface area (Å²) in [4.78, 5) is 16.1. The molecule has 0 amide bonds. The van der Waals surface area contributed by atoms with Gasteiger partial charge in [0.1, 0.15) is 6.61 Å². The third-order valence-corrected chi connectivity index (χ3v) is 4.01. The average Bonchev–Trinajstić information content (AvgIpc) is 2.65. The Morgan fingerprint density at radius 2 is 2.25 bits per heavy atom. The summed E-state index contributed by atoms with van der Waals surface area (Å²) in [5.74, 6) is -0.352. The van der Waals surface area contributed by atoms with Crippen LogP contribution in [0.1, 0.15) is 33.1 Å². The Morgan fingerprint density at radius 1 is 1.56 bits per heavy atom. The molecule has 0 radical (unpaired) electrons. The van der Waals surface area contributed by atoms with Gasteiger partial charge in [0.15, 0.2) is 0 Å². The molecule has 2 rings (SSSR count). The number of carbonyl (C=O) groups is 1. The number of rotatable bonds is 5. The molecular weight excluding hydrogens is 206 g/mol. The first-order valence-electron chi connectivity index (χ1n) is 5.91. The fourth-order valence-corrected chi connectivity index (χ4v) is 2.34. The summed E-state index contributed by atoms with van der Waals surface area (Å²) in [7, 11) is 0. The molecule has 0 aromatic heterocycles. The molecule has 0 aromatic carbocycles. The average molecular weight is 225 g/mol. The van der Waals surface area contributed by atoms with Crippen LogP contribution in [0.15, 0.2) is 5.16 Å². The third-order valence-electron chi connectivity index (χ3n) is 4.01. The zero-order chi connectivity index (χ0) is 11.8. The van der Waals surface area contributed by atoms with Crippen LogP contribution < -0.4 is 0 Å². The van der Waals surface area contributed by atoms with Crippen molar-refractivity contribution >= 4 is 12.2 Å². The van der Waals surface area contributed by atoms with E-state index < -0.39 is 5.97 Å². The predicted molar refractivity (Wildman–Crippen MR) is 60.2 cm³/mol. The number of hydrogen-bond donors (Lipinski definition) is 1. The normalized spacial score (nSPS) is 32.4. The van der Waals surface area contributed by atoms with Crippen LogP contribution in [0.3, 0.4) is 0 Å². The molecule has 2 saturated carbocycles. The Bertz CT molecular complexity index is 307. The second-order valence-electron chi connectivity index (χ2n) is 5.51. The summed E-state index contributed by atoms with van der Waals surface area (Å²) in [6, 6.07) is 0. The maximum absolute atomic E-state index is 10.9. The van der Waals surface area contributed by atoms with Gasteiger partial charge in [-0.05, 0) is 24.2 Å². The van der Waals surface area contributed by atoms with Crippen LogP contribution in [0.2, 0.25) is 0 Å². The van der Waals surface area contributed by atoms with Crippen molar-refractivity contribution in [2.24, 2.45) is 28.3 Å². The van der Waals surface area contributed by atoms with Gasteiger partial charge in [-0.15, -0.1) is 0 Å². The molecule has 0 spiro atoms. The van der Waals surface area contributed by atoms with Gasteiger partial charge in [-0.1, -0.05) is 25.4 Å². The quantitative estimate of drug-likeness (QED) is 0.576. The van der Waals surface area contributed by atoms with Crippen LogP contribution in [0.25, 0.3) is 0 Å². The molecule has 2 atom stereocenters. The fraction of sp³-hybridized carbons (Fsp3) is 0.833. The molecule has 2 unspecified atom stereocenters. The fourth-order valence-electron chi connectivity index (χ4n) is 2.34. The lowest BCUT2D eigenvalue weighted by Crippen LogP contribution is -2.16. The topological polar surface area (TPSA) is 58.9 Å². The minimum Gasteiger partial charge on any atom is -0.481 e. The zero-order valence-electron chi connectivity index (χ0n) is 9.85. The summed E-state index contributed by atoms with van der Waals surface area (Å²) in [5, 5.41) is 12.8. The lowest BCUT2D eigenvalue weighted by Gasteiger charge is -2.23. The largest absolute Gasteiger partial charge is 0.481 e. The van der Waals surface area contributed by atoms with Gasteiger partial charge < -0.3 is 9.94 Å². The summed E-state index contributed by atoms with van der Waals surface area (Å²) in [5.41, 5.74) is -0.171. The molecule has 0 aromatic rings. The Hall–Kier alpha value is -1.06. The SMILES string of the molecule is CC1(C)C(/C=N\OCC2CCC2)C1C(=O)O. The van der Waals surface area contributed by atoms with Crippen molar-refractivity contribution < 1.29 is 14.7 Å². The molecule has 1 N–H and O–H groups in total. The highest BCUT2D eigenvalue weighted by Gasteiger charge is 2.61. The molecule has 0 aliphatic heterocycles. The third kappa shape index (κ3) is 2.06. The highest BCUT2D eigenvalue weighted by molar-refractivity contribution is 5.84. The first-order valence-corrected chi connectivity index (χ1v) is 5.91. The van der Waals surface area contributed by atoms with E-state index in [-0.39, 0.29) is 17.3 Å². The molecule has 2 fully saturated rings. The first kappa shape index (κ1) is 11.4. The molecule has 2 aliphatic rings. The van der Waals surface area contributed by atoms with Crippen LogP contribution in [0.5, 0.6) is 0 Å². The summed E-state index contributed by atoms with van der Waals surface area (Å²) in [6.45, 7) is 4.59. The van der Waals surface area contributed by atoms with E-state index in [4.69, 9.17) is 9.94 Å². The molecule has 2 aliphatic carbocycles. The zero-order valence-corrected chi connectivity index (χ0v) is 9.85. The maximum atomic E-state index is 10.9. The Morgan fingerprint density at radius 3 is 2.69 bits per heavy atom. The molecular formula is C12H19NO3. The van der Waals surface area contributed by atoms with E-state index in [1.54, 1.807) is 6.21 Å². The molecule has 90 valence electrons. The smallest absolute Gasteiger partial charge is 0.307 e. The van der Waals surface area contributed by atoms with Gasteiger partial charge in [0, 0.05) is 12.1 Å². The van der Waals surface area contributed by atoms with E-state index in [9.17, 15) is 4.79 Å². The molecule has 4 heteroatoms. The number of oxime groups is 1. The van der Waals surface area contributed by atoms with Crippen molar-refractivity contribution in [1.82, 2.24) is 0 Å². The van der Waals surface area contributed by atoms with E-state index >= 15 is 0 Å². The van der Waals surface area contributed by atoms with E-state index in [1.807, 2.05) is 13.8 Å². The Balaban J connectivity index is 1.73. The molecule has 0 heterocycles. The van der Waals surface area contributed by atoms with Crippen molar-refractivity contribution in [1.29, 1.82) is 0 Å². The van der Waals surface area contributed by atoms with E-state index in [0.717, 1.165) is 0 Å². The van der Waals surface area contributed by atoms with Gasteiger partial charge in [0.05, 0.1) is 5.92 Å². The predicted octanol–water partition coefficient (Wildman–Crippen LogP) is 2.15. The van der Waals surface area contributed by atoms with Gasteiger partial charge >= 0.3 is 5.97 Å². The highest BCUT2D eigenvalue weighted by Crippen LogP contribution is 2.57. The van der Waals surface area contributed by atoms with Gasteiger partial charge in [-0.3, -0.25) is 4.79 Å². The van der Waals surface area contributed by atoms with Crippen molar-refractivity contribution in [3.8, 4) is 0 Å². The molecule has 16 heavy (non-hydrogen) atoms.